The SMILES string of the molecule is C[Si](C)(C)c1cc2c(-c3cnc4ccccc4c3)cccc2[cH-]1.C[Si](C)(C)c1cc2c(-c3cnc4ccccc4c3)cccc2[cH-]1.C[Si](C)=[Zr+2].[Cl-].[Cl-]. The van der Waals surface area contributed by atoms with Crippen LogP contribution in [-0.2, 0) is 23.3 Å². The van der Waals surface area contributed by atoms with Crippen LogP contribution in [0.15, 0.2) is 134 Å². The van der Waals surface area contributed by atoms with E-state index in [4.69, 9.17) is 0 Å². The molecule has 0 aliphatic heterocycles. The Hall–Kier alpha value is -2.97. The van der Waals surface area contributed by atoms with Crippen molar-refractivity contribution in [1.82, 2.24) is 9.97 Å². The number of aromatic nitrogens is 2. The molecule has 0 saturated carbocycles. The summed E-state index contributed by atoms with van der Waals surface area (Å²) in [6.07, 6.45) is 4.00. The first-order valence-corrected chi connectivity index (χ1v) is 30.6. The van der Waals surface area contributed by atoms with E-state index in [9.17, 15) is 0 Å². The fourth-order valence-electron chi connectivity index (χ4n) is 6.28. The Morgan fingerprint density at radius 1 is 0.519 bits per heavy atom. The summed E-state index contributed by atoms with van der Waals surface area (Å²) >= 11 is 1.74. The van der Waals surface area contributed by atoms with Crippen LogP contribution in [0.25, 0.3) is 65.6 Å². The van der Waals surface area contributed by atoms with Gasteiger partial charge in [0, 0.05) is 23.2 Å². The molecule has 8 heteroatoms. The molecule has 6 aromatic carbocycles. The normalized spacial score (nSPS) is 11.3. The molecule has 0 spiro atoms. The minimum Gasteiger partial charge on any atom is -1.00 e. The van der Waals surface area contributed by atoms with Gasteiger partial charge >= 0.3 is 41.9 Å². The molecule has 0 saturated heterocycles. The Balaban J connectivity index is 0.000000204. The molecule has 0 atom stereocenters. The second kappa shape index (κ2) is 17.5. The van der Waals surface area contributed by atoms with E-state index in [1.54, 1.807) is 23.3 Å². The van der Waals surface area contributed by atoms with E-state index >= 15 is 0 Å². The van der Waals surface area contributed by atoms with Crippen molar-refractivity contribution in [2.45, 2.75) is 52.4 Å². The zero-order valence-electron chi connectivity index (χ0n) is 31.4. The van der Waals surface area contributed by atoms with Crippen LogP contribution in [0.4, 0.5) is 0 Å². The van der Waals surface area contributed by atoms with Gasteiger partial charge in [0.1, 0.15) is 0 Å². The van der Waals surface area contributed by atoms with Crippen LogP contribution in [-0.4, -0.2) is 31.5 Å². The predicted octanol–water partition coefficient (Wildman–Crippen LogP) is 5.43. The van der Waals surface area contributed by atoms with Crippen molar-refractivity contribution in [3.63, 3.8) is 0 Å². The molecular weight excluding hydrogens is 803 g/mol. The summed E-state index contributed by atoms with van der Waals surface area (Å²) in [5, 5.41) is 10.8. The summed E-state index contributed by atoms with van der Waals surface area (Å²) in [6.45, 7) is 19.0. The van der Waals surface area contributed by atoms with Crippen LogP contribution in [0, 0.1) is 0 Å². The second-order valence-electron chi connectivity index (χ2n) is 15.4. The second-order valence-corrected chi connectivity index (χ2v) is 35.0. The molecule has 0 bridgehead atoms. The predicted molar refractivity (Wildman–Crippen MR) is 224 cm³/mol. The number of nitrogens with zero attached hydrogens (tertiary/aromatic N) is 2. The molecule has 2 aromatic heterocycles. The molecule has 0 aliphatic rings. The third kappa shape index (κ3) is 9.76. The summed E-state index contributed by atoms with van der Waals surface area (Å²) < 4.78 is 0. The first-order chi connectivity index (χ1) is 23.8. The smallest absolute Gasteiger partial charge is 1.00 e. The van der Waals surface area contributed by atoms with Gasteiger partial charge in [0.15, 0.2) is 0 Å². The largest absolute Gasteiger partial charge is 1.00 e. The van der Waals surface area contributed by atoms with E-state index < -0.39 is 16.1 Å². The quantitative estimate of drug-likeness (QED) is 0.175. The number of benzene rings is 4. The monoisotopic (exact) mass is 846 g/mol. The molecule has 0 fully saturated rings. The fourth-order valence-corrected chi connectivity index (χ4v) is 8.61. The summed E-state index contributed by atoms with van der Waals surface area (Å²) in [5.74, 6) is 0. The van der Waals surface area contributed by atoms with Crippen LogP contribution >= 0.6 is 0 Å². The molecule has 2 heterocycles. The molecule has 8 aromatic rings. The minimum absolute atomic E-state index is 0. The third-order valence-electron chi connectivity index (χ3n) is 9.04. The van der Waals surface area contributed by atoms with Crippen LogP contribution in [0.1, 0.15) is 0 Å². The van der Waals surface area contributed by atoms with Gasteiger partial charge in [-0.3, -0.25) is 9.97 Å². The number of rotatable bonds is 4. The Morgan fingerprint density at radius 2 is 0.885 bits per heavy atom. The van der Waals surface area contributed by atoms with Crippen molar-refractivity contribution >= 4 is 75.3 Å². The van der Waals surface area contributed by atoms with Gasteiger partial charge in [0.2, 0.25) is 0 Å². The number of para-hydroxylation sites is 2. The number of hydrogen-bond acceptors (Lipinski definition) is 2. The van der Waals surface area contributed by atoms with Gasteiger partial charge in [-0.1, -0.05) is 98.9 Å². The maximum atomic E-state index is 4.63. The van der Waals surface area contributed by atoms with Crippen LogP contribution < -0.4 is 35.2 Å². The molecule has 52 heavy (non-hydrogen) atoms. The van der Waals surface area contributed by atoms with Gasteiger partial charge in [-0.2, -0.15) is 12.1 Å². The van der Waals surface area contributed by atoms with Crippen LogP contribution in [0.2, 0.25) is 52.4 Å². The Labute approximate surface area is 339 Å². The van der Waals surface area contributed by atoms with Gasteiger partial charge in [0.25, 0.3) is 0 Å². The van der Waals surface area contributed by atoms with Crippen molar-refractivity contribution in [1.29, 1.82) is 0 Å². The average molecular weight is 849 g/mol. The summed E-state index contributed by atoms with van der Waals surface area (Å²) in [4.78, 5) is 9.26. The van der Waals surface area contributed by atoms with Crippen molar-refractivity contribution in [3.05, 3.63) is 134 Å². The van der Waals surface area contributed by atoms with E-state index in [0.29, 0.717) is 0 Å². The summed E-state index contributed by atoms with van der Waals surface area (Å²) in [6, 6.07) is 43.8. The van der Waals surface area contributed by atoms with Crippen molar-refractivity contribution in [2.75, 3.05) is 0 Å². The molecule has 0 aliphatic carbocycles. The van der Waals surface area contributed by atoms with E-state index in [1.807, 2.05) is 24.5 Å². The van der Waals surface area contributed by atoms with Crippen molar-refractivity contribution in [2.24, 2.45) is 0 Å². The number of hydrogen-bond donors (Lipinski definition) is 0. The number of fused-ring (bicyclic) bond motifs is 4. The third-order valence-corrected chi connectivity index (χ3v) is 13.1. The average Bonchev–Trinajstić information content (AvgIpc) is 3.74. The van der Waals surface area contributed by atoms with Gasteiger partial charge in [0.05, 0.1) is 27.2 Å². The van der Waals surface area contributed by atoms with Crippen molar-refractivity contribution in [3.8, 4) is 22.3 Å². The van der Waals surface area contributed by atoms with Gasteiger partial charge in [-0.25, -0.2) is 0 Å². The Bertz CT molecular complexity index is 2300. The number of pyridine rings is 2. The summed E-state index contributed by atoms with van der Waals surface area (Å²) in [7, 11) is -2.60. The van der Waals surface area contributed by atoms with E-state index in [0.717, 1.165) is 11.0 Å². The molecule has 0 unspecified atom stereocenters. The molecule has 264 valence electrons. The fraction of sp³-hybridized carbons (Fsp3) is 0.182. The molecule has 8 rings (SSSR count). The maximum Gasteiger partial charge on any atom is -1.00 e. The van der Waals surface area contributed by atoms with Crippen molar-refractivity contribution < 1.29 is 48.1 Å². The minimum atomic E-state index is -1.30. The van der Waals surface area contributed by atoms with E-state index in [2.05, 4.69) is 172 Å². The zero-order chi connectivity index (χ0) is 35.6. The van der Waals surface area contributed by atoms with Crippen LogP contribution in [0.5, 0.6) is 0 Å². The first-order valence-electron chi connectivity index (χ1n) is 17.4. The molecule has 2 nitrogen and oxygen atoms in total. The number of halogens is 2. The zero-order valence-corrected chi connectivity index (χ0v) is 38.3. The van der Waals surface area contributed by atoms with Gasteiger partial charge in [-0.15, -0.1) is 68.3 Å². The topological polar surface area (TPSA) is 25.8 Å². The maximum absolute atomic E-state index is 4.63. The Kier molecular flexibility index (Phi) is 14.0. The van der Waals surface area contributed by atoms with Gasteiger partial charge < -0.3 is 24.8 Å². The van der Waals surface area contributed by atoms with E-state index in [1.165, 1.54) is 64.9 Å². The van der Waals surface area contributed by atoms with Crippen LogP contribution in [0.3, 0.4) is 0 Å². The molecule has 0 N–H and O–H groups in total. The molecule has 0 amide bonds. The molecule has 0 radical (unpaired) electrons. The standard InChI is InChI=1S/2C21H20NSi.C2H6Si.2ClH.Zr/c2*1-23(2,3)18-12-15-8-6-9-19(20(15)13-18)17-11-16-7-4-5-10-21(16)22-14-17;1-3-2;;;/h2*4-14H,1-3H3;1-2H3;2*1H;/q2*-1;;;;+2/p-2. The summed E-state index contributed by atoms with van der Waals surface area (Å²) in [5.41, 5.74) is 7.27. The van der Waals surface area contributed by atoms with Gasteiger partial charge in [-0.05, 0) is 35.4 Å². The Morgan fingerprint density at radius 3 is 1.25 bits per heavy atom. The first kappa shape index (κ1) is 41.8. The van der Waals surface area contributed by atoms with E-state index in [-0.39, 0.29) is 30.2 Å². The molecular formula is C44H46Cl2N2Si3Zr-2.